The third-order valence-electron chi connectivity index (χ3n) is 4.58. The first-order chi connectivity index (χ1) is 13.2. The van der Waals surface area contributed by atoms with Crippen molar-refractivity contribution in [2.24, 2.45) is 0 Å². The number of unbranched alkanes of at least 4 members (excludes halogenated alkanes) is 2. The van der Waals surface area contributed by atoms with Crippen LogP contribution in [0.3, 0.4) is 0 Å². The van der Waals surface area contributed by atoms with Crippen LogP contribution in [-0.2, 0) is 21.1 Å². The van der Waals surface area contributed by atoms with Gasteiger partial charge in [-0.1, -0.05) is 48.7 Å². The fraction of sp³-hybridized carbons (Fsp3) is 0.333. The lowest BCUT2D eigenvalue weighted by Gasteiger charge is -2.14. The molecule has 0 bridgehead atoms. The molecule has 0 fully saturated rings. The number of ketones is 1. The molecule has 150 valence electrons. The molecule has 0 radical (unpaired) electrons. The first-order valence-corrected chi connectivity index (χ1v) is 11.0. The van der Waals surface area contributed by atoms with Crippen molar-refractivity contribution in [3.63, 3.8) is 0 Å². The molecule has 0 aromatic heterocycles. The van der Waals surface area contributed by atoms with E-state index in [2.05, 4.69) is 0 Å². The van der Waals surface area contributed by atoms with Crippen molar-refractivity contribution < 1.29 is 23.1 Å². The molecule has 2 aromatic carbocycles. The lowest BCUT2D eigenvalue weighted by Crippen LogP contribution is -2.30. The molecule has 1 atom stereocenters. The zero-order chi connectivity index (χ0) is 20.7. The molecule has 2 aromatic rings. The maximum Gasteiger partial charge on any atom is 0.322 e. The van der Waals surface area contributed by atoms with Crippen LogP contribution in [0.25, 0.3) is 0 Å². The van der Waals surface area contributed by atoms with Crippen LogP contribution in [0.15, 0.2) is 53.4 Å². The number of carbonyl (C=O) groups is 2. The average Bonchev–Trinajstić information content (AvgIpc) is 2.65. The van der Waals surface area contributed by atoms with Gasteiger partial charge in [0.1, 0.15) is 0 Å². The first-order valence-electron chi connectivity index (χ1n) is 9.04. The Balaban J connectivity index is 1.95. The summed E-state index contributed by atoms with van der Waals surface area (Å²) in [5.74, 6) is -1.53. The maximum absolute atomic E-state index is 12.7. The van der Waals surface area contributed by atoms with Crippen LogP contribution < -0.4 is 0 Å². The summed E-state index contributed by atoms with van der Waals surface area (Å²) in [6.45, 7) is 1.38. The SMILES string of the molecule is CC(=O)c1ccc(S(=O)(=O)C(CCCCCc2ccc(Cl)cc2)C(=O)O)cc1. The van der Waals surface area contributed by atoms with Crippen LogP contribution in [0.5, 0.6) is 0 Å². The van der Waals surface area contributed by atoms with E-state index in [0.29, 0.717) is 17.0 Å². The molecule has 0 aliphatic carbocycles. The summed E-state index contributed by atoms with van der Waals surface area (Å²) in [6.07, 6.45) is 2.93. The van der Waals surface area contributed by atoms with Crippen LogP contribution in [0.4, 0.5) is 0 Å². The number of benzene rings is 2. The Kier molecular flexibility index (Phi) is 7.78. The lowest BCUT2D eigenvalue weighted by atomic mass is 10.1. The van der Waals surface area contributed by atoms with Crippen LogP contribution in [-0.4, -0.2) is 30.5 Å². The molecule has 1 unspecified atom stereocenters. The molecule has 0 amide bonds. The summed E-state index contributed by atoms with van der Waals surface area (Å²) >= 11 is 5.85. The van der Waals surface area contributed by atoms with Crippen molar-refractivity contribution in [3.05, 3.63) is 64.7 Å². The second kappa shape index (κ2) is 9.85. The molecule has 0 aliphatic rings. The van der Waals surface area contributed by atoms with Crippen LogP contribution in [0.1, 0.15) is 48.5 Å². The molecule has 28 heavy (non-hydrogen) atoms. The topological polar surface area (TPSA) is 88.5 Å². The minimum Gasteiger partial charge on any atom is -0.480 e. The van der Waals surface area contributed by atoms with Gasteiger partial charge in [-0.15, -0.1) is 0 Å². The number of Topliss-reactive ketones (excluding diaryl/α,β-unsaturated/α-hetero) is 1. The number of carboxylic acids is 1. The summed E-state index contributed by atoms with van der Waals surface area (Å²) < 4.78 is 25.4. The van der Waals surface area contributed by atoms with E-state index in [1.54, 1.807) is 0 Å². The van der Waals surface area contributed by atoms with Gasteiger partial charge in [-0.2, -0.15) is 0 Å². The Morgan fingerprint density at radius 1 is 0.964 bits per heavy atom. The fourth-order valence-corrected chi connectivity index (χ4v) is 4.65. The largest absolute Gasteiger partial charge is 0.480 e. The summed E-state index contributed by atoms with van der Waals surface area (Å²) in [5.41, 5.74) is 1.52. The van der Waals surface area contributed by atoms with Gasteiger partial charge in [0.15, 0.2) is 20.9 Å². The fourth-order valence-electron chi connectivity index (χ4n) is 2.94. The van der Waals surface area contributed by atoms with Crippen LogP contribution in [0.2, 0.25) is 5.02 Å². The molecule has 0 saturated heterocycles. The molecule has 0 aliphatic heterocycles. The first kappa shape index (κ1) is 22.1. The standard InChI is InChI=1S/C21H23ClO5S/c1-15(23)17-9-13-19(14-10-17)28(26,27)20(21(24)25)6-4-2-3-5-16-7-11-18(22)12-8-16/h7-14,20H,2-6H2,1H3,(H,24,25). The molecular weight excluding hydrogens is 400 g/mol. The highest BCUT2D eigenvalue weighted by molar-refractivity contribution is 7.92. The number of rotatable bonds is 10. The van der Waals surface area contributed by atoms with Gasteiger partial charge < -0.3 is 5.11 Å². The van der Waals surface area contributed by atoms with Gasteiger partial charge in [0, 0.05) is 10.6 Å². The van der Waals surface area contributed by atoms with Gasteiger partial charge in [-0.25, -0.2) is 8.42 Å². The van der Waals surface area contributed by atoms with E-state index < -0.39 is 21.1 Å². The minimum atomic E-state index is -4.01. The zero-order valence-electron chi connectivity index (χ0n) is 15.6. The van der Waals surface area contributed by atoms with Gasteiger partial charge in [0.05, 0.1) is 4.90 Å². The quantitative estimate of drug-likeness (QED) is 0.447. The number of aryl methyl sites for hydroxylation is 1. The normalized spacial score (nSPS) is 12.5. The van der Waals surface area contributed by atoms with Crippen molar-refractivity contribution in [3.8, 4) is 0 Å². The van der Waals surface area contributed by atoms with E-state index >= 15 is 0 Å². The molecule has 0 spiro atoms. The number of hydrogen-bond acceptors (Lipinski definition) is 4. The Hall–Kier alpha value is -2.18. The van der Waals surface area contributed by atoms with Gasteiger partial charge in [0.2, 0.25) is 0 Å². The molecule has 1 N–H and O–H groups in total. The maximum atomic E-state index is 12.7. The Bertz CT molecular complexity index is 918. The predicted molar refractivity (Wildman–Crippen MR) is 109 cm³/mol. The second-order valence-electron chi connectivity index (χ2n) is 6.68. The van der Waals surface area contributed by atoms with Crippen molar-refractivity contribution in [1.82, 2.24) is 0 Å². The lowest BCUT2D eigenvalue weighted by molar-refractivity contribution is -0.136. The number of carboxylic acid groups (broad SMARTS) is 1. The number of sulfone groups is 1. The monoisotopic (exact) mass is 422 g/mol. The van der Waals surface area contributed by atoms with E-state index in [1.165, 1.54) is 31.2 Å². The number of hydrogen-bond donors (Lipinski definition) is 1. The third kappa shape index (κ3) is 5.91. The highest BCUT2D eigenvalue weighted by Crippen LogP contribution is 2.22. The molecule has 7 heteroatoms. The highest BCUT2D eigenvalue weighted by atomic mass is 35.5. The molecule has 0 saturated carbocycles. The number of carbonyl (C=O) groups excluding carboxylic acids is 1. The summed E-state index contributed by atoms with van der Waals surface area (Å²) in [5, 5.41) is 8.61. The van der Waals surface area contributed by atoms with Crippen molar-refractivity contribution in [2.75, 3.05) is 0 Å². The van der Waals surface area contributed by atoms with E-state index in [1.807, 2.05) is 24.3 Å². The summed E-state index contributed by atoms with van der Waals surface area (Å²) in [6, 6.07) is 12.9. The third-order valence-corrected chi connectivity index (χ3v) is 6.95. The van der Waals surface area contributed by atoms with Gasteiger partial charge in [-0.05, 0) is 56.0 Å². The summed E-state index contributed by atoms with van der Waals surface area (Å²) in [7, 11) is -4.01. The summed E-state index contributed by atoms with van der Waals surface area (Å²) in [4.78, 5) is 22.8. The highest BCUT2D eigenvalue weighted by Gasteiger charge is 2.33. The van der Waals surface area contributed by atoms with Crippen molar-refractivity contribution in [2.45, 2.75) is 49.2 Å². The van der Waals surface area contributed by atoms with Crippen LogP contribution in [0, 0.1) is 0 Å². The van der Waals surface area contributed by atoms with Crippen molar-refractivity contribution >= 4 is 33.2 Å². The van der Waals surface area contributed by atoms with E-state index in [0.717, 1.165) is 24.8 Å². The molecule has 2 rings (SSSR count). The zero-order valence-corrected chi connectivity index (χ0v) is 17.2. The van der Waals surface area contributed by atoms with E-state index in [9.17, 15) is 23.1 Å². The Morgan fingerprint density at radius 3 is 2.11 bits per heavy atom. The molecule has 5 nitrogen and oxygen atoms in total. The minimum absolute atomic E-state index is 0.0484. The van der Waals surface area contributed by atoms with E-state index in [-0.39, 0.29) is 17.1 Å². The second-order valence-corrected chi connectivity index (χ2v) is 9.25. The van der Waals surface area contributed by atoms with E-state index in [4.69, 9.17) is 11.6 Å². The molecular formula is C21H23ClO5S. The van der Waals surface area contributed by atoms with Crippen LogP contribution >= 0.6 is 11.6 Å². The van der Waals surface area contributed by atoms with Crippen molar-refractivity contribution in [1.29, 1.82) is 0 Å². The Labute approximate surface area is 170 Å². The smallest absolute Gasteiger partial charge is 0.322 e. The molecule has 0 heterocycles. The Morgan fingerprint density at radius 2 is 1.57 bits per heavy atom. The predicted octanol–water partition coefficient (Wildman–Crippen LogP) is 4.57. The average molecular weight is 423 g/mol. The van der Waals surface area contributed by atoms with Gasteiger partial charge >= 0.3 is 5.97 Å². The van der Waals surface area contributed by atoms with Gasteiger partial charge in [0.25, 0.3) is 0 Å². The van der Waals surface area contributed by atoms with Gasteiger partial charge in [-0.3, -0.25) is 9.59 Å². The number of aliphatic carboxylic acids is 1. The number of halogens is 1.